The Morgan fingerprint density at radius 1 is 1.00 bits per heavy atom. The summed E-state index contributed by atoms with van der Waals surface area (Å²) in [5.41, 5.74) is 0.374. The Bertz CT molecular complexity index is 894. The number of amides is 1. The minimum Gasteiger partial charge on any atom is -0.492 e. The van der Waals surface area contributed by atoms with Gasteiger partial charge in [-0.1, -0.05) is 30.3 Å². The average Bonchev–Trinajstić information content (AvgIpc) is 2.74. The highest BCUT2D eigenvalue weighted by Gasteiger charge is 2.31. The number of carbonyl (C=O) groups excluding carboxylic acids is 1. The number of benzene rings is 2. The van der Waals surface area contributed by atoms with E-state index in [0.717, 1.165) is 19.3 Å². The molecule has 0 aromatic heterocycles. The van der Waals surface area contributed by atoms with Crippen molar-refractivity contribution in [3.05, 3.63) is 54.6 Å². The maximum absolute atomic E-state index is 13.4. The number of ether oxygens (including phenoxy) is 1. The topological polar surface area (TPSA) is 66.9 Å². The SMILES string of the molecule is CCOc1ccccc1N(CC(=O)N1CCCCC1)S(=O)(=O)c1ccccc1. The van der Waals surface area contributed by atoms with Crippen molar-refractivity contribution in [1.29, 1.82) is 0 Å². The predicted molar refractivity (Wildman–Crippen MR) is 109 cm³/mol. The van der Waals surface area contributed by atoms with Gasteiger partial charge in [-0.05, 0) is 50.5 Å². The number of carbonyl (C=O) groups is 1. The summed E-state index contributed by atoms with van der Waals surface area (Å²) < 4.78 is 33.6. The van der Waals surface area contributed by atoms with Gasteiger partial charge < -0.3 is 9.64 Å². The summed E-state index contributed by atoms with van der Waals surface area (Å²) >= 11 is 0. The second kappa shape index (κ2) is 9.10. The molecule has 0 bridgehead atoms. The van der Waals surface area contributed by atoms with Crippen molar-refractivity contribution in [2.75, 3.05) is 30.5 Å². The molecule has 150 valence electrons. The Morgan fingerprint density at radius 2 is 1.64 bits per heavy atom. The Kier molecular flexibility index (Phi) is 6.57. The summed E-state index contributed by atoms with van der Waals surface area (Å²) in [5.74, 6) is 0.251. The molecule has 0 unspecified atom stereocenters. The minimum absolute atomic E-state index is 0.146. The van der Waals surface area contributed by atoms with Crippen molar-refractivity contribution in [2.45, 2.75) is 31.1 Å². The van der Waals surface area contributed by atoms with Crippen LogP contribution in [-0.4, -0.2) is 45.5 Å². The fourth-order valence-electron chi connectivity index (χ4n) is 3.33. The molecule has 3 rings (SSSR count). The molecule has 0 N–H and O–H groups in total. The fraction of sp³-hybridized carbons (Fsp3) is 0.381. The van der Waals surface area contributed by atoms with Gasteiger partial charge in [-0.2, -0.15) is 0 Å². The summed E-state index contributed by atoms with van der Waals surface area (Å²) in [6.07, 6.45) is 3.00. The van der Waals surface area contributed by atoms with Crippen molar-refractivity contribution in [2.24, 2.45) is 0 Å². The van der Waals surface area contributed by atoms with Gasteiger partial charge in [0, 0.05) is 13.1 Å². The molecule has 1 saturated heterocycles. The summed E-state index contributed by atoms with van der Waals surface area (Å²) in [5, 5.41) is 0. The van der Waals surface area contributed by atoms with Gasteiger partial charge in [0.05, 0.1) is 17.2 Å². The highest BCUT2D eigenvalue weighted by atomic mass is 32.2. The van der Waals surface area contributed by atoms with Crippen LogP contribution >= 0.6 is 0 Å². The van der Waals surface area contributed by atoms with Crippen LogP contribution in [0.3, 0.4) is 0 Å². The Balaban J connectivity index is 2.00. The third-order valence-corrected chi connectivity index (χ3v) is 6.53. The van der Waals surface area contributed by atoms with Gasteiger partial charge in [-0.15, -0.1) is 0 Å². The molecule has 0 spiro atoms. The van der Waals surface area contributed by atoms with Crippen molar-refractivity contribution in [3.63, 3.8) is 0 Å². The van der Waals surface area contributed by atoms with E-state index in [1.54, 1.807) is 47.4 Å². The van der Waals surface area contributed by atoms with Gasteiger partial charge in [0.25, 0.3) is 10.0 Å². The van der Waals surface area contributed by atoms with Crippen molar-refractivity contribution < 1.29 is 17.9 Å². The summed E-state index contributed by atoms with van der Waals surface area (Å²) in [6.45, 7) is 3.33. The normalized spacial score (nSPS) is 14.5. The predicted octanol–water partition coefficient (Wildman–Crippen LogP) is 3.29. The zero-order valence-electron chi connectivity index (χ0n) is 16.1. The summed E-state index contributed by atoms with van der Waals surface area (Å²) in [7, 11) is -3.92. The first kappa shape index (κ1) is 20.2. The lowest BCUT2D eigenvalue weighted by Crippen LogP contribution is -2.45. The van der Waals surface area contributed by atoms with Crippen LogP contribution in [0.4, 0.5) is 5.69 Å². The Hall–Kier alpha value is -2.54. The molecule has 2 aromatic rings. The third-order valence-electron chi connectivity index (χ3n) is 4.75. The lowest BCUT2D eigenvalue weighted by atomic mass is 10.1. The summed E-state index contributed by atoms with van der Waals surface area (Å²) in [6, 6.07) is 15.1. The number of likely N-dealkylation sites (tertiary alicyclic amines) is 1. The van der Waals surface area contributed by atoms with Crippen LogP contribution < -0.4 is 9.04 Å². The molecule has 0 radical (unpaired) electrons. The third kappa shape index (κ3) is 4.47. The van der Waals surface area contributed by atoms with Crippen LogP contribution in [0.25, 0.3) is 0 Å². The molecule has 2 aromatic carbocycles. The zero-order chi connectivity index (χ0) is 20.0. The number of hydrogen-bond donors (Lipinski definition) is 0. The quantitative estimate of drug-likeness (QED) is 0.713. The average molecular weight is 403 g/mol. The van der Waals surface area contributed by atoms with Gasteiger partial charge in [-0.25, -0.2) is 8.42 Å². The Morgan fingerprint density at radius 3 is 2.32 bits per heavy atom. The van der Waals surface area contributed by atoms with Crippen LogP contribution in [0, 0.1) is 0 Å². The number of piperidine rings is 1. The maximum Gasteiger partial charge on any atom is 0.264 e. The molecular formula is C21H26N2O4S. The highest BCUT2D eigenvalue weighted by molar-refractivity contribution is 7.92. The van der Waals surface area contributed by atoms with Gasteiger partial charge in [0.2, 0.25) is 5.91 Å². The van der Waals surface area contributed by atoms with Crippen LogP contribution in [0.2, 0.25) is 0 Å². The highest BCUT2D eigenvalue weighted by Crippen LogP contribution is 2.32. The number of hydrogen-bond acceptors (Lipinski definition) is 4. The Labute approximate surface area is 166 Å². The minimum atomic E-state index is -3.92. The van der Waals surface area contributed by atoms with Crippen molar-refractivity contribution in [3.8, 4) is 5.75 Å². The van der Waals surface area contributed by atoms with Gasteiger partial charge >= 0.3 is 0 Å². The second-order valence-corrected chi connectivity index (χ2v) is 8.53. The molecular weight excluding hydrogens is 376 g/mol. The first-order valence-electron chi connectivity index (χ1n) is 9.61. The van der Waals surface area contributed by atoms with E-state index >= 15 is 0 Å². The van der Waals surface area contributed by atoms with Crippen LogP contribution in [0.1, 0.15) is 26.2 Å². The second-order valence-electron chi connectivity index (χ2n) is 6.67. The van der Waals surface area contributed by atoms with Crippen molar-refractivity contribution >= 4 is 21.6 Å². The standard InChI is InChI=1S/C21H26N2O4S/c1-2-27-20-14-8-7-13-19(20)23(17-21(24)22-15-9-4-10-16-22)28(25,26)18-11-5-3-6-12-18/h3,5-8,11-14H,2,4,9-10,15-17H2,1H3. The number of anilines is 1. The fourth-order valence-corrected chi connectivity index (χ4v) is 4.77. The van der Waals surface area contributed by atoms with E-state index in [-0.39, 0.29) is 17.3 Å². The first-order valence-corrected chi connectivity index (χ1v) is 11.1. The zero-order valence-corrected chi connectivity index (χ0v) is 16.9. The monoisotopic (exact) mass is 402 g/mol. The summed E-state index contributed by atoms with van der Waals surface area (Å²) in [4.78, 5) is 14.8. The molecule has 7 heteroatoms. The van der Waals surface area contributed by atoms with Crippen LogP contribution in [0.5, 0.6) is 5.75 Å². The molecule has 28 heavy (non-hydrogen) atoms. The number of nitrogens with zero attached hydrogens (tertiary/aromatic N) is 2. The van der Waals surface area contributed by atoms with Gasteiger partial charge in [-0.3, -0.25) is 9.10 Å². The van der Waals surface area contributed by atoms with E-state index in [9.17, 15) is 13.2 Å². The molecule has 1 amide bonds. The van der Waals surface area contributed by atoms with Crippen LogP contribution in [0.15, 0.2) is 59.5 Å². The molecule has 1 heterocycles. The molecule has 0 saturated carbocycles. The van der Waals surface area contributed by atoms with Gasteiger partial charge in [0.1, 0.15) is 12.3 Å². The van der Waals surface area contributed by atoms with Gasteiger partial charge in [0.15, 0.2) is 0 Å². The van der Waals surface area contributed by atoms with E-state index in [1.807, 2.05) is 6.92 Å². The van der Waals surface area contributed by atoms with E-state index in [0.29, 0.717) is 31.1 Å². The number of para-hydroxylation sites is 2. The number of sulfonamides is 1. The maximum atomic E-state index is 13.4. The van der Waals surface area contributed by atoms with E-state index in [4.69, 9.17) is 4.74 Å². The molecule has 1 aliphatic rings. The van der Waals surface area contributed by atoms with E-state index in [1.165, 1.54) is 16.4 Å². The van der Waals surface area contributed by atoms with E-state index < -0.39 is 10.0 Å². The molecule has 6 nitrogen and oxygen atoms in total. The molecule has 0 atom stereocenters. The lowest BCUT2D eigenvalue weighted by molar-refractivity contribution is -0.130. The molecule has 0 aliphatic carbocycles. The molecule has 1 aliphatic heterocycles. The molecule has 1 fully saturated rings. The first-order chi connectivity index (χ1) is 13.5. The smallest absolute Gasteiger partial charge is 0.264 e. The lowest BCUT2D eigenvalue weighted by Gasteiger charge is -2.31. The largest absolute Gasteiger partial charge is 0.492 e. The van der Waals surface area contributed by atoms with E-state index in [2.05, 4.69) is 0 Å². The van der Waals surface area contributed by atoms with Crippen LogP contribution in [-0.2, 0) is 14.8 Å². The van der Waals surface area contributed by atoms with Crippen molar-refractivity contribution in [1.82, 2.24) is 4.90 Å². The number of rotatable bonds is 7.